The largest absolute Gasteiger partial charge is 0.467 e. The highest BCUT2D eigenvalue weighted by Gasteiger charge is 2.30. The molecule has 0 aliphatic heterocycles. The number of carbonyl (C=O) groups excluding carboxylic acids is 1. The highest BCUT2D eigenvalue weighted by molar-refractivity contribution is 5.93. The van der Waals surface area contributed by atoms with Gasteiger partial charge in [-0.25, -0.2) is 4.79 Å². The van der Waals surface area contributed by atoms with Crippen molar-refractivity contribution in [1.29, 1.82) is 0 Å². The van der Waals surface area contributed by atoms with Crippen LogP contribution < -0.4 is 9.47 Å². The van der Waals surface area contributed by atoms with Crippen molar-refractivity contribution in [3.05, 3.63) is 23.3 Å². The summed E-state index contributed by atoms with van der Waals surface area (Å²) in [7, 11) is 4.41. The van der Waals surface area contributed by atoms with Crippen LogP contribution in [0.25, 0.3) is 0 Å². The molecule has 0 saturated heterocycles. The lowest BCUT2D eigenvalue weighted by molar-refractivity contribution is 0.0431. The van der Waals surface area contributed by atoms with Crippen molar-refractivity contribution in [2.75, 3.05) is 34.9 Å². The summed E-state index contributed by atoms with van der Waals surface area (Å²) in [6.07, 6.45) is 2.17. The zero-order valence-electron chi connectivity index (χ0n) is 12.5. The molecule has 1 aliphatic carbocycles. The van der Waals surface area contributed by atoms with E-state index >= 15 is 0 Å². The maximum Gasteiger partial charge on any atom is 0.341 e. The first-order valence-corrected chi connectivity index (χ1v) is 6.71. The summed E-state index contributed by atoms with van der Waals surface area (Å²) in [5, 5.41) is 0. The van der Waals surface area contributed by atoms with Crippen LogP contribution in [-0.2, 0) is 14.2 Å². The van der Waals surface area contributed by atoms with Gasteiger partial charge in [-0.15, -0.1) is 0 Å². The Kier molecular flexibility index (Phi) is 5.41. The topological polar surface area (TPSA) is 63.2 Å². The standard InChI is InChI=1S/C15H20O6/c1-17-8-20-13-7-14(21-9-18-2)12(15(16)19-3)6-11(13)10-4-5-10/h6-7,10H,4-5,8-9H2,1-3H3. The van der Waals surface area contributed by atoms with Gasteiger partial charge >= 0.3 is 5.97 Å². The van der Waals surface area contributed by atoms with Crippen molar-refractivity contribution in [2.24, 2.45) is 0 Å². The maximum absolute atomic E-state index is 11.9. The molecule has 0 atom stereocenters. The van der Waals surface area contributed by atoms with E-state index in [1.165, 1.54) is 14.2 Å². The number of esters is 1. The van der Waals surface area contributed by atoms with Crippen molar-refractivity contribution < 1.29 is 28.5 Å². The van der Waals surface area contributed by atoms with Crippen molar-refractivity contribution in [2.45, 2.75) is 18.8 Å². The van der Waals surface area contributed by atoms with Gasteiger partial charge in [0.05, 0.1) is 7.11 Å². The Morgan fingerprint density at radius 3 is 2.19 bits per heavy atom. The highest BCUT2D eigenvalue weighted by atomic mass is 16.7. The molecule has 21 heavy (non-hydrogen) atoms. The van der Waals surface area contributed by atoms with E-state index in [1.807, 2.05) is 0 Å². The molecule has 0 heterocycles. The SMILES string of the molecule is COCOc1cc(OCOC)c(C2CC2)cc1C(=O)OC. The Morgan fingerprint density at radius 1 is 1.05 bits per heavy atom. The van der Waals surface area contributed by atoms with Crippen molar-refractivity contribution in [3.63, 3.8) is 0 Å². The van der Waals surface area contributed by atoms with Crippen LogP contribution in [0.1, 0.15) is 34.7 Å². The van der Waals surface area contributed by atoms with Crippen LogP contribution in [0.3, 0.4) is 0 Å². The van der Waals surface area contributed by atoms with Crippen LogP contribution in [0, 0.1) is 0 Å². The summed E-state index contributed by atoms with van der Waals surface area (Å²) >= 11 is 0. The van der Waals surface area contributed by atoms with Crippen LogP contribution in [0.2, 0.25) is 0 Å². The predicted molar refractivity (Wildman–Crippen MR) is 74.8 cm³/mol. The molecule has 0 amide bonds. The summed E-state index contributed by atoms with van der Waals surface area (Å²) in [5.74, 6) is 1.01. The first-order chi connectivity index (χ1) is 10.2. The second kappa shape index (κ2) is 7.28. The van der Waals surface area contributed by atoms with E-state index in [1.54, 1.807) is 19.2 Å². The highest BCUT2D eigenvalue weighted by Crippen LogP contribution is 2.46. The van der Waals surface area contributed by atoms with E-state index in [2.05, 4.69) is 0 Å². The molecule has 1 fully saturated rings. The summed E-state index contributed by atoms with van der Waals surface area (Å²) in [5.41, 5.74) is 1.36. The number of hydrogen-bond donors (Lipinski definition) is 0. The number of rotatable bonds is 8. The third-order valence-electron chi connectivity index (χ3n) is 3.20. The molecule has 0 bridgehead atoms. The first-order valence-electron chi connectivity index (χ1n) is 6.71. The van der Waals surface area contributed by atoms with Gasteiger partial charge in [0.25, 0.3) is 0 Å². The van der Waals surface area contributed by atoms with Crippen LogP contribution in [0.15, 0.2) is 12.1 Å². The van der Waals surface area contributed by atoms with E-state index in [-0.39, 0.29) is 13.6 Å². The monoisotopic (exact) mass is 296 g/mol. The fourth-order valence-corrected chi connectivity index (χ4v) is 2.05. The molecular weight excluding hydrogens is 276 g/mol. The lowest BCUT2D eigenvalue weighted by Gasteiger charge is -2.16. The zero-order valence-corrected chi connectivity index (χ0v) is 12.5. The van der Waals surface area contributed by atoms with Gasteiger partial charge in [0.15, 0.2) is 13.6 Å². The van der Waals surface area contributed by atoms with Crippen molar-refractivity contribution in [3.8, 4) is 11.5 Å². The number of ether oxygens (including phenoxy) is 5. The van der Waals surface area contributed by atoms with Crippen LogP contribution >= 0.6 is 0 Å². The summed E-state index contributed by atoms with van der Waals surface area (Å²) in [4.78, 5) is 11.9. The van der Waals surface area contributed by atoms with Gasteiger partial charge in [-0.2, -0.15) is 0 Å². The van der Waals surface area contributed by atoms with E-state index < -0.39 is 5.97 Å². The Labute approximate surface area is 123 Å². The molecule has 6 nitrogen and oxygen atoms in total. The second-order valence-corrected chi connectivity index (χ2v) is 4.75. The summed E-state index contributed by atoms with van der Waals surface area (Å²) in [6.45, 7) is 0.178. The van der Waals surface area contributed by atoms with E-state index in [4.69, 9.17) is 23.7 Å². The van der Waals surface area contributed by atoms with E-state index in [0.717, 1.165) is 18.4 Å². The normalized spacial score (nSPS) is 13.9. The van der Waals surface area contributed by atoms with E-state index in [0.29, 0.717) is 23.0 Å². The number of methoxy groups -OCH3 is 3. The Balaban J connectivity index is 2.37. The minimum absolute atomic E-state index is 0.0382. The first kappa shape index (κ1) is 15.6. The molecule has 116 valence electrons. The Morgan fingerprint density at radius 2 is 1.67 bits per heavy atom. The summed E-state index contributed by atoms with van der Waals surface area (Å²) in [6, 6.07) is 3.47. The van der Waals surface area contributed by atoms with E-state index in [9.17, 15) is 4.79 Å². The lowest BCUT2D eigenvalue weighted by Crippen LogP contribution is -2.10. The fraction of sp³-hybridized carbons (Fsp3) is 0.533. The third kappa shape index (κ3) is 3.86. The third-order valence-corrected chi connectivity index (χ3v) is 3.20. The molecule has 0 aromatic heterocycles. The molecule has 1 aromatic carbocycles. The van der Waals surface area contributed by atoms with Gasteiger partial charge < -0.3 is 23.7 Å². The number of hydrogen-bond acceptors (Lipinski definition) is 6. The number of benzene rings is 1. The Bertz CT molecular complexity index is 495. The zero-order chi connectivity index (χ0) is 15.2. The predicted octanol–water partition coefficient (Wildman–Crippen LogP) is 2.32. The van der Waals surface area contributed by atoms with Crippen LogP contribution in [-0.4, -0.2) is 40.9 Å². The molecule has 0 N–H and O–H groups in total. The molecule has 1 aromatic rings. The molecule has 0 spiro atoms. The Hall–Kier alpha value is -1.79. The molecular formula is C15H20O6. The van der Waals surface area contributed by atoms with Gasteiger partial charge in [0.1, 0.15) is 17.1 Å². The van der Waals surface area contributed by atoms with Gasteiger partial charge in [0.2, 0.25) is 0 Å². The molecule has 0 radical (unpaired) electrons. The van der Waals surface area contributed by atoms with Gasteiger partial charge in [0, 0.05) is 20.3 Å². The fourth-order valence-electron chi connectivity index (χ4n) is 2.05. The minimum Gasteiger partial charge on any atom is -0.467 e. The average molecular weight is 296 g/mol. The van der Waals surface area contributed by atoms with Gasteiger partial charge in [-0.1, -0.05) is 0 Å². The number of carbonyl (C=O) groups is 1. The van der Waals surface area contributed by atoms with Crippen molar-refractivity contribution in [1.82, 2.24) is 0 Å². The van der Waals surface area contributed by atoms with Gasteiger partial charge in [-0.05, 0) is 30.4 Å². The average Bonchev–Trinajstić information content (AvgIpc) is 3.34. The lowest BCUT2D eigenvalue weighted by atomic mass is 10.0. The minimum atomic E-state index is -0.443. The summed E-state index contributed by atoms with van der Waals surface area (Å²) < 4.78 is 25.7. The molecule has 6 heteroatoms. The second-order valence-electron chi connectivity index (χ2n) is 4.75. The molecule has 0 unspecified atom stereocenters. The molecule has 1 saturated carbocycles. The molecule has 1 aliphatic rings. The quantitative estimate of drug-likeness (QED) is 0.542. The maximum atomic E-state index is 11.9. The van der Waals surface area contributed by atoms with Crippen molar-refractivity contribution >= 4 is 5.97 Å². The van der Waals surface area contributed by atoms with Gasteiger partial charge in [-0.3, -0.25) is 0 Å². The van der Waals surface area contributed by atoms with Crippen LogP contribution in [0.5, 0.6) is 11.5 Å². The van der Waals surface area contributed by atoms with Crippen LogP contribution in [0.4, 0.5) is 0 Å². The smallest absolute Gasteiger partial charge is 0.341 e. The molecule has 2 rings (SSSR count).